The van der Waals surface area contributed by atoms with Gasteiger partial charge in [-0.1, -0.05) is 0 Å². The maximum Gasteiger partial charge on any atom is 2.00 e. The average molecular weight is 628 g/mol. The maximum absolute atomic E-state index is 13.4. The van der Waals surface area contributed by atoms with E-state index in [9.17, 15) is 13.2 Å². The van der Waals surface area contributed by atoms with E-state index in [1.54, 1.807) is 29.4 Å². The number of alkyl halides is 3. The SMILES string of the molecule is [CH2-]CN(C[CH2-])c1nc(-c2cccnc2)nc2c1nc1n2CCOC1C(F)(F)F.[U+2]. The third-order valence-corrected chi connectivity index (χ3v) is 4.50. The summed E-state index contributed by atoms with van der Waals surface area (Å²) in [4.78, 5) is 19.1. The van der Waals surface area contributed by atoms with Crippen LogP contribution in [0.5, 0.6) is 0 Å². The quantitative estimate of drug-likeness (QED) is 0.415. The molecule has 0 fully saturated rings. The Labute approximate surface area is 189 Å². The van der Waals surface area contributed by atoms with Crippen LogP contribution in [-0.4, -0.2) is 50.4 Å². The molecule has 0 bridgehead atoms. The van der Waals surface area contributed by atoms with E-state index < -0.39 is 12.3 Å². The van der Waals surface area contributed by atoms with Crippen molar-refractivity contribution in [3.63, 3.8) is 0 Å². The summed E-state index contributed by atoms with van der Waals surface area (Å²) in [6.07, 6.45) is -3.46. The number of nitrogens with zero attached hydrogens (tertiary/aromatic N) is 6. The first-order valence-corrected chi connectivity index (χ1v) is 8.64. The van der Waals surface area contributed by atoms with Crippen LogP contribution >= 0.6 is 0 Å². The second-order valence-corrected chi connectivity index (χ2v) is 6.19. The van der Waals surface area contributed by atoms with Gasteiger partial charge in [-0.05, 0) is 12.1 Å². The van der Waals surface area contributed by atoms with E-state index in [2.05, 4.69) is 33.8 Å². The third kappa shape index (κ3) is 4.00. The zero-order chi connectivity index (χ0) is 19.9. The van der Waals surface area contributed by atoms with E-state index in [0.29, 0.717) is 35.9 Å². The number of halogens is 3. The molecule has 1 atom stereocenters. The molecule has 0 aromatic carbocycles. The molecule has 3 aromatic heterocycles. The zero-order valence-corrected chi connectivity index (χ0v) is 19.5. The number of hydrogen-bond donors (Lipinski definition) is 0. The Kier molecular flexibility index (Phi) is 6.51. The molecule has 0 saturated carbocycles. The largest absolute Gasteiger partial charge is 2.00 e. The number of pyridine rings is 1. The summed E-state index contributed by atoms with van der Waals surface area (Å²) in [5.41, 5.74) is 1.24. The summed E-state index contributed by atoms with van der Waals surface area (Å²) in [7, 11) is 0. The van der Waals surface area contributed by atoms with E-state index in [0.717, 1.165) is 0 Å². The Morgan fingerprint density at radius 1 is 1.21 bits per heavy atom. The van der Waals surface area contributed by atoms with Crippen LogP contribution in [0.25, 0.3) is 22.6 Å². The van der Waals surface area contributed by atoms with E-state index in [-0.39, 0.29) is 55.6 Å². The number of hydrogen-bond acceptors (Lipinski definition) is 6. The number of anilines is 1. The fraction of sp³-hybridized carbons (Fsp3) is 0.333. The van der Waals surface area contributed by atoms with Crippen LogP contribution in [0.15, 0.2) is 24.5 Å². The number of aromatic nitrogens is 5. The molecule has 4 heterocycles. The van der Waals surface area contributed by atoms with Crippen molar-refractivity contribution < 1.29 is 49.0 Å². The first-order valence-electron chi connectivity index (χ1n) is 8.64. The topological polar surface area (TPSA) is 69.0 Å². The van der Waals surface area contributed by atoms with Crippen LogP contribution in [0.2, 0.25) is 0 Å². The number of imidazole rings is 1. The van der Waals surface area contributed by atoms with Crippen molar-refractivity contribution in [2.24, 2.45) is 0 Å². The van der Waals surface area contributed by atoms with E-state index >= 15 is 0 Å². The minimum Gasteiger partial charge on any atom is -0.415 e. The van der Waals surface area contributed by atoms with Crippen LogP contribution in [0.3, 0.4) is 0 Å². The molecule has 0 N–H and O–H groups in total. The molecule has 1 unspecified atom stereocenters. The first-order chi connectivity index (χ1) is 13.4. The minimum atomic E-state index is -4.57. The van der Waals surface area contributed by atoms with Gasteiger partial charge in [0.1, 0.15) is 5.82 Å². The monoisotopic (exact) mass is 628 g/mol. The normalized spacial score (nSPS) is 16.4. The first kappa shape index (κ1) is 22.0. The van der Waals surface area contributed by atoms with Gasteiger partial charge in [0.2, 0.25) is 6.10 Å². The Morgan fingerprint density at radius 3 is 2.59 bits per heavy atom. The van der Waals surface area contributed by atoms with Gasteiger partial charge in [0, 0.05) is 24.5 Å². The van der Waals surface area contributed by atoms with Gasteiger partial charge in [0.25, 0.3) is 0 Å². The van der Waals surface area contributed by atoms with Gasteiger partial charge in [0.15, 0.2) is 22.8 Å². The van der Waals surface area contributed by atoms with Crippen molar-refractivity contribution in [1.82, 2.24) is 24.5 Å². The molecular weight excluding hydrogens is 611 g/mol. The maximum atomic E-state index is 13.4. The summed E-state index contributed by atoms with van der Waals surface area (Å²) < 4.78 is 46.7. The second kappa shape index (κ2) is 8.58. The fourth-order valence-electron chi connectivity index (χ4n) is 3.17. The molecule has 0 saturated heterocycles. The average Bonchev–Trinajstić information content (AvgIpc) is 3.07. The van der Waals surface area contributed by atoms with Crippen molar-refractivity contribution >= 4 is 17.0 Å². The van der Waals surface area contributed by atoms with Crippen molar-refractivity contribution in [2.45, 2.75) is 18.8 Å². The number of rotatable bonds is 4. The van der Waals surface area contributed by atoms with Gasteiger partial charge < -0.3 is 28.1 Å². The summed E-state index contributed by atoms with van der Waals surface area (Å²) in [6, 6.07) is 3.52. The molecule has 29 heavy (non-hydrogen) atoms. The third-order valence-electron chi connectivity index (χ3n) is 4.50. The Bertz CT molecular complexity index is 991. The van der Waals surface area contributed by atoms with Crippen LogP contribution in [0, 0.1) is 45.0 Å². The molecule has 1 aliphatic heterocycles. The summed E-state index contributed by atoms with van der Waals surface area (Å²) in [5, 5.41) is 0. The Morgan fingerprint density at radius 2 is 1.97 bits per heavy atom. The van der Waals surface area contributed by atoms with Crippen LogP contribution in [0.1, 0.15) is 11.9 Å². The smallest absolute Gasteiger partial charge is 0.415 e. The summed E-state index contributed by atoms with van der Waals surface area (Å²) in [6.45, 7) is 8.48. The van der Waals surface area contributed by atoms with Gasteiger partial charge >= 0.3 is 37.3 Å². The second-order valence-electron chi connectivity index (χ2n) is 6.19. The van der Waals surface area contributed by atoms with Gasteiger partial charge in [-0.2, -0.15) is 13.2 Å². The Balaban J connectivity index is 0.00000240. The predicted molar refractivity (Wildman–Crippen MR) is 96.2 cm³/mol. The fourth-order valence-corrected chi connectivity index (χ4v) is 3.17. The van der Waals surface area contributed by atoms with Crippen molar-refractivity contribution in [3.8, 4) is 11.4 Å². The molecule has 11 heteroatoms. The van der Waals surface area contributed by atoms with E-state index in [4.69, 9.17) is 4.74 Å². The molecule has 4 rings (SSSR count). The molecule has 150 valence electrons. The van der Waals surface area contributed by atoms with Gasteiger partial charge in [-0.15, -0.1) is 13.1 Å². The molecule has 3 aromatic rings. The molecule has 1 aliphatic rings. The molecule has 0 amide bonds. The van der Waals surface area contributed by atoms with Gasteiger partial charge in [-0.25, -0.2) is 15.0 Å². The molecular formula is C18H17F3N6OU. The number of ether oxygens (including phenoxy) is 1. The van der Waals surface area contributed by atoms with Crippen molar-refractivity contribution in [3.05, 3.63) is 44.2 Å². The zero-order valence-electron chi connectivity index (χ0n) is 15.4. The standard InChI is InChI=1S/C18H17F3N6O.U/c1-3-26(4-2)15-12-16(25-14(24-15)11-6-5-7-22-10-11)27-8-9-28-13(17(27)23-12)18(19,20)21;/h5-7,10,13H,1-4,8-9H2;/q-2;+2. The van der Waals surface area contributed by atoms with Gasteiger partial charge in [0.05, 0.1) is 6.61 Å². The Hall–Kier alpha value is -1.70. The summed E-state index contributed by atoms with van der Waals surface area (Å²) in [5.74, 6) is 0.512. The van der Waals surface area contributed by atoms with Crippen molar-refractivity contribution in [1.29, 1.82) is 0 Å². The molecule has 0 aliphatic carbocycles. The predicted octanol–water partition coefficient (Wildman–Crippen LogP) is 3.00. The molecule has 0 radical (unpaired) electrons. The van der Waals surface area contributed by atoms with E-state index in [1.165, 1.54) is 4.57 Å². The summed E-state index contributed by atoms with van der Waals surface area (Å²) >= 11 is 0. The van der Waals surface area contributed by atoms with E-state index in [1.807, 2.05) is 0 Å². The van der Waals surface area contributed by atoms with Crippen molar-refractivity contribution in [2.75, 3.05) is 24.6 Å². The minimum absolute atomic E-state index is 0. The van der Waals surface area contributed by atoms with Gasteiger partial charge in [-0.3, -0.25) is 4.98 Å². The molecule has 0 spiro atoms. The van der Waals surface area contributed by atoms with Crippen LogP contribution in [0.4, 0.5) is 19.0 Å². The molecule has 7 nitrogen and oxygen atoms in total. The van der Waals surface area contributed by atoms with Crippen LogP contribution in [-0.2, 0) is 11.3 Å². The number of fused-ring (bicyclic) bond motifs is 3. The van der Waals surface area contributed by atoms with Crippen LogP contribution < -0.4 is 4.90 Å².